The van der Waals surface area contributed by atoms with Crippen molar-refractivity contribution in [3.63, 3.8) is 0 Å². The molecule has 2 fully saturated rings. The van der Waals surface area contributed by atoms with Crippen molar-refractivity contribution in [3.8, 4) is 0 Å². The monoisotopic (exact) mass is 394 g/mol. The summed E-state index contributed by atoms with van der Waals surface area (Å²) in [4.78, 5) is 22.2. The summed E-state index contributed by atoms with van der Waals surface area (Å²) in [5, 5.41) is 3.37. The molecular weight excluding hydrogens is 367 g/mol. The van der Waals surface area contributed by atoms with Crippen LogP contribution in [0.2, 0.25) is 0 Å². The number of fused-ring (bicyclic) bond motifs is 1. The number of amides is 1. The first kappa shape index (κ1) is 18.6. The minimum atomic E-state index is -0.195. The highest BCUT2D eigenvalue weighted by Crippen LogP contribution is 2.39. The minimum Gasteiger partial charge on any atom is -0.369 e. The number of nitrogens with one attached hydrogen (secondary N) is 1. The molecule has 1 aromatic carbocycles. The number of aryl methyl sites for hydroxylation is 1. The average molecular weight is 394 g/mol. The van der Waals surface area contributed by atoms with E-state index in [1.807, 2.05) is 18.2 Å². The molecule has 0 bridgehead atoms. The molecule has 1 saturated carbocycles. The molecule has 5 nitrogen and oxygen atoms in total. The topological polar surface area (TPSA) is 48.5 Å². The molecule has 29 heavy (non-hydrogen) atoms. The Bertz CT molecular complexity index is 888. The standard InChI is InChI=1S/C23H27FN4O/c24-18-4-6-19(7-5-18)28-14-12-27(13-15-28)16-23(9-10-23)26-22(29)20-8-3-17-2-1-11-25-21(17)20/h1-2,4-7,11,20H,3,8-10,12-16H2,(H,26,29). The molecule has 3 aliphatic rings. The van der Waals surface area contributed by atoms with Gasteiger partial charge in [-0.1, -0.05) is 6.07 Å². The van der Waals surface area contributed by atoms with E-state index in [1.54, 1.807) is 6.20 Å². The van der Waals surface area contributed by atoms with Gasteiger partial charge in [0.1, 0.15) is 5.82 Å². The number of aromatic nitrogens is 1. The van der Waals surface area contributed by atoms with Crippen molar-refractivity contribution < 1.29 is 9.18 Å². The largest absolute Gasteiger partial charge is 0.369 e. The minimum absolute atomic E-state index is 0.0628. The first-order valence-corrected chi connectivity index (χ1v) is 10.6. The van der Waals surface area contributed by atoms with E-state index in [-0.39, 0.29) is 23.2 Å². The molecular formula is C23H27FN4O. The van der Waals surface area contributed by atoms with Gasteiger partial charge in [0.15, 0.2) is 0 Å². The highest BCUT2D eigenvalue weighted by Gasteiger charge is 2.47. The lowest BCUT2D eigenvalue weighted by molar-refractivity contribution is -0.123. The molecule has 2 aromatic rings. The van der Waals surface area contributed by atoms with Crippen LogP contribution in [-0.2, 0) is 11.2 Å². The summed E-state index contributed by atoms with van der Waals surface area (Å²) in [7, 11) is 0. The van der Waals surface area contributed by atoms with Gasteiger partial charge >= 0.3 is 0 Å². The van der Waals surface area contributed by atoms with E-state index in [9.17, 15) is 9.18 Å². The summed E-state index contributed by atoms with van der Waals surface area (Å²) < 4.78 is 13.1. The van der Waals surface area contributed by atoms with Gasteiger partial charge in [-0.2, -0.15) is 0 Å². The predicted octanol–water partition coefficient (Wildman–Crippen LogP) is 2.72. The average Bonchev–Trinajstić information content (AvgIpc) is 3.34. The van der Waals surface area contributed by atoms with Crippen LogP contribution in [0.1, 0.15) is 36.4 Å². The van der Waals surface area contributed by atoms with Crippen molar-refractivity contribution in [1.29, 1.82) is 0 Å². The van der Waals surface area contributed by atoms with Gasteiger partial charge < -0.3 is 10.2 Å². The predicted molar refractivity (Wildman–Crippen MR) is 110 cm³/mol. The second-order valence-electron chi connectivity index (χ2n) is 8.65. The fourth-order valence-electron chi connectivity index (χ4n) is 4.73. The number of carbonyl (C=O) groups excluding carboxylic acids is 1. The number of piperazine rings is 1. The molecule has 1 atom stereocenters. The van der Waals surface area contributed by atoms with Crippen molar-refractivity contribution >= 4 is 11.6 Å². The molecule has 1 N–H and O–H groups in total. The maximum absolute atomic E-state index is 13.1. The summed E-state index contributed by atoms with van der Waals surface area (Å²) >= 11 is 0. The molecule has 1 amide bonds. The van der Waals surface area contributed by atoms with Gasteiger partial charge in [-0.25, -0.2) is 4.39 Å². The maximum Gasteiger partial charge on any atom is 0.229 e. The maximum atomic E-state index is 13.1. The molecule has 5 rings (SSSR count). The first-order chi connectivity index (χ1) is 14.1. The van der Waals surface area contributed by atoms with E-state index in [0.717, 1.165) is 69.8 Å². The molecule has 2 aliphatic carbocycles. The third-order valence-electron chi connectivity index (χ3n) is 6.61. The van der Waals surface area contributed by atoms with Crippen LogP contribution < -0.4 is 10.2 Å². The Labute approximate surface area is 170 Å². The van der Waals surface area contributed by atoms with Crippen molar-refractivity contribution in [2.45, 2.75) is 37.1 Å². The number of rotatable bonds is 5. The van der Waals surface area contributed by atoms with Gasteiger partial charge in [0.2, 0.25) is 5.91 Å². The van der Waals surface area contributed by atoms with E-state index in [1.165, 1.54) is 17.7 Å². The fraction of sp³-hybridized carbons (Fsp3) is 0.478. The van der Waals surface area contributed by atoms with Gasteiger partial charge in [-0.3, -0.25) is 14.7 Å². The van der Waals surface area contributed by atoms with Crippen molar-refractivity contribution in [3.05, 3.63) is 59.7 Å². The van der Waals surface area contributed by atoms with Crippen molar-refractivity contribution in [2.24, 2.45) is 0 Å². The van der Waals surface area contributed by atoms with Crippen LogP contribution in [0.5, 0.6) is 0 Å². The SMILES string of the molecule is O=C(NC1(CN2CCN(c3ccc(F)cc3)CC2)CC1)C1CCc2cccnc21. The summed E-state index contributed by atoms with van der Waals surface area (Å²) in [6.45, 7) is 4.69. The highest BCUT2D eigenvalue weighted by atomic mass is 19.1. The van der Waals surface area contributed by atoms with Crippen LogP contribution in [-0.4, -0.2) is 54.1 Å². The smallest absolute Gasteiger partial charge is 0.229 e. The second kappa shape index (κ2) is 7.41. The Balaban J connectivity index is 1.16. The van der Waals surface area contributed by atoms with Crippen molar-refractivity contribution in [2.75, 3.05) is 37.6 Å². The Kier molecular flexibility index (Phi) is 4.74. The van der Waals surface area contributed by atoms with Crippen LogP contribution in [0, 0.1) is 5.82 Å². The van der Waals surface area contributed by atoms with Crippen LogP contribution in [0.3, 0.4) is 0 Å². The van der Waals surface area contributed by atoms with E-state index in [4.69, 9.17) is 0 Å². The summed E-state index contributed by atoms with van der Waals surface area (Å²) in [5.74, 6) is -0.150. The lowest BCUT2D eigenvalue weighted by Gasteiger charge is -2.38. The van der Waals surface area contributed by atoms with Crippen LogP contribution in [0.4, 0.5) is 10.1 Å². The van der Waals surface area contributed by atoms with Crippen molar-refractivity contribution in [1.82, 2.24) is 15.2 Å². The van der Waals surface area contributed by atoms with Crippen LogP contribution in [0.15, 0.2) is 42.6 Å². The Morgan fingerprint density at radius 1 is 1.14 bits per heavy atom. The zero-order chi connectivity index (χ0) is 19.8. The molecule has 2 heterocycles. The Morgan fingerprint density at radius 2 is 1.90 bits per heavy atom. The molecule has 6 heteroatoms. The number of hydrogen-bond donors (Lipinski definition) is 1. The van der Waals surface area contributed by atoms with E-state index in [0.29, 0.717) is 0 Å². The normalized spacial score (nSPS) is 22.9. The number of pyridine rings is 1. The van der Waals surface area contributed by atoms with Gasteiger partial charge in [-0.05, 0) is 61.6 Å². The lowest BCUT2D eigenvalue weighted by atomic mass is 10.0. The zero-order valence-corrected chi connectivity index (χ0v) is 16.6. The van der Waals surface area contributed by atoms with Crippen LogP contribution in [0.25, 0.3) is 0 Å². The van der Waals surface area contributed by atoms with E-state index >= 15 is 0 Å². The number of hydrogen-bond acceptors (Lipinski definition) is 4. The molecule has 1 unspecified atom stereocenters. The Morgan fingerprint density at radius 3 is 2.62 bits per heavy atom. The first-order valence-electron chi connectivity index (χ1n) is 10.6. The van der Waals surface area contributed by atoms with Crippen LogP contribution >= 0.6 is 0 Å². The second-order valence-corrected chi connectivity index (χ2v) is 8.65. The van der Waals surface area contributed by atoms with Gasteiger partial charge in [0.25, 0.3) is 0 Å². The van der Waals surface area contributed by atoms with Gasteiger partial charge in [0.05, 0.1) is 17.2 Å². The van der Waals surface area contributed by atoms with E-state index < -0.39 is 0 Å². The number of anilines is 1. The quantitative estimate of drug-likeness (QED) is 0.847. The molecule has 0 radical (unpaired) electrons. The summed E-state index contributed by atoms with van der Waals surface area (Å²) in [6, 6.07) is 10.8. The molecule has 1 saturated heterocycles. The fourth-order valence-corrected chi connectivity index (χ4v) is 4.73. The Hall–Kier alpha value is -2.47. The van der Waals surface area contributed by atoms with Gasteiger partial charge in [-0.15, -0.1) is 0 Å². The number of halogens is 1. The molecule has 1 aliphatic heterocycles. The highest BCUT2D eigenvalue weighted by molar-refractivity contribution is 5.85. The molecule has 0 spiro atoms. The zero-order valence-electron chi connectivity index (χ0n) is 16.6. The molecule has 152 valence electrons. The third-order valence-corrected chi connectivity index (χ3v) is 6.61. The number of carbonyl (C=O) groups is 1. The van der Waals surface area contributed by atoms with Gasteiger partial charge in [0, 0.05) is 44.6 Å². The third kappa shape index (κ3) is 3.86. The number of benzene rings is 1. The summed E-state index contributed by atoms with van der Waals surface area (Å²) in [5.41, 5.74) is 3.20. The van der Waals surface area contributed by atoms with E-state index in [2.05, 4.69) is 26.2 Å². The summed E-state index contributed by atoms with van der Waals surface area (Å²) in [6.07, 6.45) is 5.71. The lowest BCUT2D eigenvalue weighted by Crippen LogP contribution is -2.53. The number of nitrogens with zero attached hydrogens (tertiary/aromatic N) is 3. The molecule has 1 aromatic heterocycles.